The molecule has 0 saturated heterocycles. The van der Waals surface area contributed by atoms with Crippen molar-refractivity contribution in [3.05, 3.63) is 24.3 Å². The van der Waals surface area contributed by atoms with E-state index in [-0.39, 0.29) is 18.5 Å². The second-order valence-corrected chi connectivity index (χ2v) is 27.8. The van der Waals surface area contributed by atoms with Crippen molar-refractivity contribution in [3.63, 3.8) is 0 Å². The molecule has 0 rings (SSSR count). The van der Waals surface area contributed by atoms with E-state index in [1.54, 1.807) is 6.08 Å². The first-order valence-corrected chi connectivity index (χ1v) is 40.1. The van der Waals surface area contributed by atoms with Crippen LogP contribution in [0.15, 0.2) is 24.3 Å². The summed E-state index contributed by atoms with van der Waals surface area (Å²) in [5.74, 6) is -0.0380. The van der Waals surface area contributed by atoms with E-state index < -0.39 is 12.1 Å². The number of aliphatic hydroxyl groups excluding tert-OH is 2. The standard InChI is InChI=1S/C81H157NO5/c1-3-5-7-9-11-13-15-17-19-21-23-38-41-45-49-53-57-61-65-69-73-79(84)78(77-83)82-80(85)74-70-66-62-58-54-50-46-42-39-35-33-31-29-27-25-24-26-28-30-32-34-36-40-44-48-52-56-60-64-68-72-76-87-81(86)75-71-67-63-59-55-51-47-43-37-22-20-18-16-14-12-10-8-6-4-2/h18,20,69,73,78-79,83-84H,3-17,19,21-68,70-72,74-77H2,1-2H3,(H,82,85)/b20-18-,73-69+. The van der Waals surface area contributed by atoms with Crippen LogP contribution in [0.3, 0.4) is 0 Å². The van der Waals surface area contributed by atoms with Crippen molar-refractivity contribution in [2.75, 3.05) is 13.2 Å². The van der Waals surface area contributed by atoms with Gasteiger partial charge in [0, 0.05) is 12.8 Å². The molecule has 0 aliphatic heterocycles. The minimum absolute atomic E-state index is 0.0211. The van der Waals surface area contributed by atoms with Crippen LogP contribution in [-0.4, -0.2) is 47.4 Å². The third kappa shape index (κ3) is 73.3. The van der Waals surface area contributed by atoms with Gasteiger partial charge in [-0.1, -0.05) is 411 Å². The number of hydrogen-bond donors (Lipinski definition) is 3. The summed E-state index contributed by atoms with van der Waals surface area (Å²) in [7, 11) is 0. The lowest BCUT2D eigenvalue weighted by molar-refractivity contribution is -0.143. The van der Waals surface area contributed by atoms with Gasteiger partial charge >= 0.3 is 5.97 Å². The molecule has 2 atom stereocenters. The fourth-order valence-electron chi connectivity index (χ4n) is 12.9. The fourth-order valence-corrected chi connectivity index (χ4v) is 12.9. The zero-order chi connectivity index (χ0) is 62.8. The van der Waals surface area contributed by atoms with E-state index in [1.165, 1.54) is 392 Å². The smallest absolute Gasteiger partial charge is 0.305 e. The van der Waals surface area contributed by atoms with Gasteiger partial charge in [-0.25, -0.2) is 0 Å². The summed E-state index contributed by atoms with van der Waals surface area (Å²) in [4.78, 5) is 24.7. The summed E-state index contributed by atoms with van der Waals surface area (Å²) in [5.41, 5.74) is 0. The number of carbonyl (C=O) groups is 2. The van der Waals surface area contributed by atoms with Gasteiger partial charge in [-0.2, -0.15) is 0 Å². The second-order valence-electron chi connectivity index (χ2n) is 27.8. The summed E-state index contributed by atoms with van der Waals surface area (Å²) in [6.07, 6.45) is 98.7. The number of amides is 1. The van der Waals surface area contributed by atoms with Crippen molar-refractivity contribution in [2.45, 2.75) is 469 Å². The lowest BCUT2D eigenvalue weighted by Crippen LogP contribution is -2.45. The van der Waals surface area contributed by atoms with Crippen LogP contribution in [-0.2, 0) is 14.3 Å². The number of carbonyl (C=O) groups excluding carboxylic acids is 2. The molecule has 0 aromatic carbocycles. The number of nitrogens with one attached hydrogen (secondary N) is 1. The molecular formula is C81H157NO5. The van der Waals surface area contributed by atoms with Crippen molar-refractivity contribution in [1.82, 2.24) is 5.32 Å². The maximum Gasteiger partial charge on any atom is 0.305 e. The molecule has 6 heteroatoms. The molecular weight excluding hydrogens is 1070 g/mol. The SMILES string of the molecule is CCCCCCCC/C=C\CCCCCCCCCCCC(=O)OCCCCCCCCCCCCCCCCCCCCCCCCCCCCCCCCCC(=O)NC(CO)C(O)/C=C/CCCCCCCCCCCCCCCCCCCC. The van der Waals surface area contributed by atoms with Crippen molar-refractivity contribution < 1.29 is 24.5 Å². The van der Waals surface area contributed by atoms with Crippen LogP contribution in [0.25, 0.3) is 0 Å². The Morgan fingerprint density at radius 1 is 0.310 bits per heavy atom. The fraction of sp³-hybridized carbons (Fsp3) is 0.926. The molecule has 0 saturated carbocycles. The lowest BCUT2D eigenvalue weighted by atomic mass is 10.0. The molecule has 516 valence electrons. The van der Waals surface area contributed by atoms with Crippen molar-refractivity contribution in [3.8, 4) is 0 Å². The summed E-state index contributed by atoms with van der Waals surface area (Å²) >= 11 is 0. The molecule has 0 aromatic heterocycles. The maximum atomic E-state index is 12.5. The molecule has 0 spiro atoms. The summed E-state index contributed by atoms with van der Waals surface area (Å²) < 4.78 is 5.52. The molecule has 2 unspecified atom stereocenters. The second kappa shape index (κ2) is 76.8. The Morgan fingerprint density at radius 2 is 0.540 bits per heavy atom. The Balaban J connectivity index is 3.34. The van der Waals surface area contributed by atoms with Crippen LogP contribution in [0, 0.1) is 0 Å². The van der Waals surface area contributed by atoms with Crippen molar-refractivity contribution in [1.29, 1.82) is 0 Å². The topological polar surface area (TPSA) is 95.9 Å². The highest BCUT2D eigenvalue weighted by Crippen LogP contribution is 2.20. The van der Waals surface area contributed by atoms with E-state index >= 15 is 0 Å². The van der Waals surface area contributed by atoms with Gasteiger partial charge in [-0.05, 0) is 57.8 Å². The van der Waals surface area contributed by atoms with Gasteiger partial charge in [-0.15, -0.1) is 0 Å². The zero-order valence-corrected chi connectivity index (χ0v) is 59.3. The Kier molecular flexibility index (Phi) is 75.3. The molecule has 0 fully saturated rings. The largest absolute Gasteiger partial charge is 0.466 e. The third-order valence-corrected chi connectivity index (χ3v) is 19.0. The lowest BCUT2D eigenvalue weighted by Gasteiger charge is -2.20. The predicted octanol–water partition coefficient (Wildman–Crippen LogP) is 26.4. The van der Waals surface area contributed by atoms with Crippen LogP contribution >= 0.6 is 0 Å². The first-order chi connectivity index (χ1) is 43.0. The summed E-state index contributed by atoms with van der Waals surface area (Å²) in [5, 5.41) is 23.3. The van der Waals surface area contributed by atoms with Gasteiger partial charge in [0.15, 0.2) is 0 Å². The number of ether oxygens (including phenoxy) is 1. The molecule has 1 amide bonds. The van der Waals surface area contributed by atoms with Crippen molar-refractivity contribution >= 4 is 11.9 Å². The number of hydrogen-bond acceptors (Lipinski definition) is 5. The van der Waals surface area contributed by atoms with Gasteiger partial charge < -0.3 is 20.3 Å². The van der Waals surface area contributed by atoms with Gasteiger partial charge in [0.1, 0.15) is 0 Å². The molecule has 0 aliphatic carbocycles. The first-order valence-electron chi connectivity index (χ1n) is 40.1. The highest BCUT2D eigenvalue weighted by atomic mass is 16.5. The van der Waals surface area contributed by atoms with E-state index in [9.17, 15) is 19.8 Å². The highest BCUT2D eigenvalue weighted by molar-refractivity contribution is 5.76. The highest BCUT2D eigenvalue weighted by Gasteiger charge is 2.18. The Labute approximate surface area is 545 Å². The minimum atomic E-state index is -0.842. The molecule has 0 heterocycles. The number of aliphatic hydroxyl groups is 2. The quantitative estimate of drug-likeness (QED) is 0.0320. The van der Waals surface area contributed by atoms with Crippen LogP contribution < -0.4 is 5.32 Å². The average Bonchev–Trinajstić information content (AvgIpc) is 3.53. The van der Waals surface area contributed by atoms with E-state index in [0.29, 0.717) is 19.4 Å². The number of allylic oxidation sites excluding steroid dienone is 3. The number of esters is 1. The summed E-state index contributed by atoms with van der Waals surface area (Å²) in [6.45, 7) is 4.95. The van der Waals surface area contributed by atoms with Gasteiger partial charge in [0.05, 0.1) is 25.4 Å². The molecule has 0 bridgehead atoms. The number of rotatable bonds is 76. The summed E-state index contributed by atoms with van der Waals surface area (Å²) in [6, 6.07) is -0.625. The van der Waals surface area contributed by atoms with E-state index in [1.807, 2.05) is 6.08 Å². The predicted molar refractivity (Wildman–Crippen MR) is 384 cm³/mol. The van der Waals surface area contributed by atoms with Crippen molar-refractivity contribution in [2.24, 2.45) is 0 Å². The zero-order valence-electron chi connectivity index (χ0n) is 59.3. The molecule has 87 heavy (non-hydrogen) atoms. The third-order valence-electron chi connectivity index (χ3n) is 19.0. The molecule has 6 nitrogen and oxygen atoms in total. The Hall–Kier alpha value is -1.66. The molecule has 0 aromatic rings. The molecule has 3 N–H and O–H groups in total. The van der Waals surface area contributed by atoms with Gasteiger partial charge in [0.25, 0.3) is 0 Å². The molecule has 0 aliphatic rings. The van der Waals surface area contributed by atoms with Gasteiger partial charge in [0.2, 0.25) is 5.91 Å². The minimum Gasteiger partial charge on any atom is -0.466 e. The monoisotopic (exact) mass is 1220 g/mol. The number of unbranched alkanes of at least 4 members (excludes halogenated alkanes) is 63. The van der Waals surface area contributed by atoms with Crippen LogP contribution in [0.2, 0.25) is 0 Å². The van der Waals surface area contributed by atoms with Crippen LogP contribution in [0.4, 0.5) is 0 Å². The van der Waals surface area contributed by atoms with Crippen LogP contribution in [0.5, 0.6) is 0 Å². The van der Waals surface area contributed by atoms with E-state index in [0.717, 1.165) is 38.5 Å². The first kappa shape index (κ1) is 85.3. The normalized spacial score (nSPS) is 12.6. The van der Waals surface area contributed by atoms with Crippen LogP contribution in [0.1, 0.15) is 457 Å². The molecule has 0 radical (unpaired) electrons. The maximum absolute atomic E-state index is 12.5. The van der Waals surface area contributed by atoms with Gasteiger partial charge in [-0.3, -0.25) is 9.59 Å². The Bertz CT molecular complexity index is 1360. The average molecular weight is 1230 g/mol. The van der Waals surface area contributed by atoms with E-state index in [2.05, 4.69) is 31.3 Å². The Morgan fingerprint density at radius 3 is 0.816 bits per heavy atom. The van der Waals surface area contributed by atoms with E-state index in [4.69, 9.17) is 4.74 Å².